The topological polar surface area (TPSA) is 15.3 Å². The molecule has 16 heavy (non-hydrogen) atoms. The maximum Gasteiger partial charge on any atom is 0.251 e. The highest BCUT2D eigenvalue weighted by Crippen LogP contribution is 2.22. The summed E-state index contributed by atoms with van der Waals surface area (Å²) in [6, 6.07) is 0.963. The van der Waals surface area contributed by atoms with Gasteiger partial charge in [0, 0.05) is 12.1 Å². The summed E-state index contributed by atoms with van der Waals surface area (Å²) in [5, 5.41) is 3.50. The molecule has 0 amide bonds. The van der Waals surface area contributed by atoms with E-state index in [1.807, 2.05) is 11.9 Å². The molecule has 0 heterocycles. The Kier molecular flexibility index (Phi) is 6.21. The van der Waals surface area contributed by atoms with Gasteiger partial charge in [-0.2, -0.15) is 0 Å². The molecule has 0 atom stereocenters. The Morgan fingerprint density at radius 1 is 1.25 bits per heavy atom. The molecule has 1 N–H and O–H groups in total. The molecule has 0 aromatic heterocycles. The second kappa shape index (κ2) is 7.17. The lowest BCUT2D eigenvalue weighted by atomic mass is 9.90. The molecule has 0 spiro atoms. The summed E-state index contributed by atoms with van der Waals surface area (Å²) in [5.74, 6) is 0. The van der Waals surface area contributed by atoms with Crippen molar-refractivity contribution in [3.05, 3.63) is 0 Å². The predicted octanol–water partition coefficient (Wildman–Crippen LogP) is 2.49. The van der Waals surface area contributed by atoms with Gasteiger partial charge in [-0.05, 0) is 45.7 Å². The van der Waals surface area contributed by atoms with Gasteiger partial charge < -0.3 is 5.32 Å². The van der Waals surface area contributed by atoms with Gasteiger partial charge in [0.15, 0.2) is 0 Å². The molecule has 0 aliphatic heterocycles. The Bertz CT molecular complexity index is 180. The first-order valence-corrected chi connectivity index (χ1v) is 6.35. The summed E-state index contributed by atoms with van der Waals surface area (Å²) in [6.07, 6.45) is 3.29. The van der Waals surface area contributed by atoms with Crippen molar-refractivity contribution in [1.29, 1.82) is 0 Å². The predicted molar refractivity (Wildman–Crippen MR) is 63.0 cm³/mol. The van der Waals surface area contributed by atoms with E-state index in [2.05, 4.69) is 12.2 Å². The lowest BCUT2D eigenvalue weighted by Crippen LogP contribution is -2.42. The molecule has 1 rings (SSSR count). The van der Waals surface area contributed by atoms with Crippen LogP contribution in [0.4, 0.5) is 8.78 Å². The van der Waals surface area contributed by atoms with Gasteiger partial charge in [0.05, 0.1) is 6.54 Å². The van der Waals surface area contributed by atoms with Crippen molar-refractivity contribution in [2.24, 2.45) is 0 Å². The minimum absolute atomic E-state index is 0.0856. The Labute approximate surface area is 97.4 Å². The fraction of sp³-hybridized carbons (Fsp3) is 1.00. The molecular formula is C12H24F2N2. The molecule has 0 aromatic rings. The monoisotopic (exact) mass is 234 g/mol. The molecule has 1 aliphatic carbocycles. The van der Waals surface area contributed by atoms with Gasteiger partial charge >= 0.3 is 0 Å². The summed E-state index contributed by atoms with van der Waals surface area (Å²) in [6.45, 7) is 3.15. The first-order valence-electron chi connectivity index (χ1n) is 6.35. The van der Waals surface area contributed by atoms with Crippen molar-refractivity contribution in [2.75, 3.05) is 20.1 Å². The third-order valence-corrected chi connectivity index (χ3v) is 3.43. The molecule has 2 nitrogen and oxygen atoms in total. The van der Waals surface area contributed by atoms with Crippen LogP contribution in [0.15, 0.2) is 0 Å². The van der Waals surface area contributed by atoms with Gasteiger partial charge in [-0.1, -0.05) is 6.92 Å². The Morgan fingerprint density at radius 2 is 1.88 bits per heavy atom. The first kappa shape index (κ1) is 13.8. The van der Waals surface area contributed by atoms with E-state index < -0.39 is 6.43 Å². The smallest absolute Gasteiger partial charge is 0.251 e. The van der Waals surface area contributed by atoms with E-state index in [1.54, 1.807) is 0 Å². The minimum atomic E-state index is -2.21. The van der Waals surface area contributed by atoms with E-state index in [9.17, 15) is 8.78 Å². The zero-order chi connectivity index (χ0) is 12.0. The molecule has 96 valence electrons. The van der Waals surface area contributed by atoms with E-state index in [-0.39, 0.29) is 6.54 Å². The number of nitrogens with one attached hydrogen (secondary N) is 1. The maximum atomic E-state index is 12.2. The standard InChI is InChI=1S/C12H24F2N2/c1-3-8-15-10-4-6-11(7-5-10)16(2)9-12(13)14/h10-12,15H,3-9H2,1-2H3. The Morgan fingerprint density at radius 3 is 2.38 bits per heavy atom. The minimum Gasteiger partial charge on any atom is -0.314 e. The van der Waals surface area contributed by atoms with Crippen LogP contribution in [0.1, 0.15) is 39.0 Å². The number of hydrogen-bond donors (Lipinski definition) is 1. The van der Waals surface area contributed by atoms with Gasteiger partial charge in [0.25, 0.3) is 6.43 Å². The van der Waals surface area contributed by atoms with Crippen molar-refractivity contribution in [1.82, 2.24) is 10.2 Å². The van der Waals surface area contributed by atoms with Crippen molar-refractivity contribution in [3.8, 4) is 0 Å². The highest BCUT2D eigenvalue weighted by Gasteiger charge is 2.24. The average Bonchev–Trinajstić information content (AvgIpc) is 2.26. The van der Waals surface area contributed by atoms with E-state index in [0.29, 0.717) is 12.1 Å². The average molecular weight is 234 g/mol. The van der Waals surface area contributed by atoms with Crippen LogP contribution in [-0.4, -0.2) is 43.5 Å². The van der Waals surface area contributed by atoms with Gasteiger partial charge in [-0.15, -0.1) is 0 Å². The lowest BCUT2D eigenvalue weighted by Gasteiger charge is -2.34. The van der Waals surface area contributed by atoms with Crippen molar-refractivity contribution in [3.63, 3.8) is 0 Å². The summed E-state index contributed by atoms with van der Waals surface area (Å²) in [4.78, 5) is 1.82. The Hall–Kier alpha value is -0.220. The highest BCUT2D eigenvalue weighted by molar-refractivity contribution is 4.81. The van der Waals surface area contributed by atoms with Crippen LogP contribution in [0.25, 0.3) is 0 Å². The van der Waals surface area contributed by atoms with Gasteiger partial charge in [-0.25, -0.2) is 8.78 Å². The fourth-order valence-corrected chi connectivity index (χ4v) is 2.44. The number of nitrogens with zero attached hydrogens (tertiary/aromatic N) is 1. The number of hydrogen-bond acceptors (Lipinski definition) is 2. The van der Waals surface area contributed by atoms with E-state index >= 15 is 0 Å². The summed E-state index contributed by atoms with van der Waals surface area (Å²) >= 11 is 0. The number of alkyl halides is 2. The molecule has 0 saturated heterocycles. The molecular weight excluding hydrogens is 210 g/mol. The van der Waals surface area contributed by atoms with Crippen molar-refractivity contribution < 1.29 is 8.78 Å². The molecule has 0 unspecified atom stereocenters. The van der Waals surface area contributed by atoms with Crippen LogP contribution >= 0.6 is 0 Å². The van der Waals surface area contributed by atoms with E-state index in [1.165, 1.54) is 0 Å². The van der Waals surface area contributed by atoms with Crippen LogP contribution in [0.2, 0.25) is 0 Å². The normalized spacial score (nSPS) is 26.6. The summed E-state index contributed by atoms with van der Waals surface area (Å²) in [7, 11) is 1.82. The lowest BCUT2D eigenvalue weighted by molar-refractivity contribution is 0.0676. The van der Waals surface area contributed by atoms with Crippen LogP contribution in [-0.2, 0) is 0 Å². The van der Waals surface area contributed by atoms with Crippen LogP contribution in [0, 0.1) is 0 Å². The molecule has 1 aliphatic rings. The van der Waals surface area contributed by atoms with Gasteiger partial charge in [0.2, 0.25) is 0 Å². The maximum absolute atomic E-state index is 12.2. The van der Waals surface area contributed by atoms with Crippen molar-refractivity contribution in [2.45, 2.75) is 57.5 Å². The number of halogens is 2. The second-order valence-electron chi connectivity index (χ2n) is 4.79. The first-order chi connectivity index (χ1) is 7.63. The van der Waals surface area contributed by atoms with Crippen LogP contribution in [0.3, 0.4) is 0 Å². The quantitative estimate of drug-likeness (QED) is 0.759. The molecule has 0 radical (unpaired) electrons. The molecule has 4 heteroatoms. The Balaban J connectivity index is 2.20. The highest BCUT2D eigenvalue weighted by atomic mass is 19.3. The largest absolute Gasteiger partial charge is 0.314 e. The molecule has 0 aromatic carbocycles. The number of rotatable bonds is 6. The molecule has 1 fully saturated rings. The van der Waals surface area contributed by atoms with E-state index in [0.717, 1.165) is 38.6 Å². The summed E-state index contributed by atoms with van der Waals surface area (Å²) in [5.41, 5.74) is 0. The van der Waals surface area contributed by atoms with Crippen LogP contribution in [0.5, 0.6) is 0 Å². The second-order valence-corrected chi connectivity index (χ2v) is 4.79. The zero-order valence-corrected chi connectivity index (χ0v) is 10.4. The van der Waals surface area contributed by atoms with Crippen molar-refractivity contribution >= 4 is 0 Å². The molecule has 1 saturated carbocycles. The third-order valence-electron chi connectivity index (χ3n) is 3.43. The van der Waals surface area contributed by atoms with E-state index in [4.69, 9.17) is 0 Å². The SMILES string of the molecule is CCCNC1CCC(N(C)CC(F)F)CC1. The third kappa shape index (κ3) is 4.74. The summed E-state index contributed by atoms with van der Waals surface area (Å²) < 4.78 is 24.5. The fourth-order valence-electron chi connectivity index (χ4n) is 2.44. The van der Waals surface area contributed by atoms with Crippen LogP contribution < -0.4 is 5.32 Å². The zero-order valence-electron chi connectivity index (χ0n) is 10.4. The van der Waals surface area contributed by atoms with Gasteiger partial charge in [0.1, 0.15) is 0 Å². The molecule has 0 bridgehead atoms. The van der Waals surface area contributed by atoms with Gasteiger partial charge in [-0.3, -0.25) is 4.90 Å².